The largest absolute Gasteiger partial charge is 0.289 e. The molecule has 2 aliphatic rings. The molecule has 0 amide bonds. The molecule has 0 bridgehead atoms. The third-order valence-electron chi connectivity index (χ3n) is 5.47. The van der Waals surface area contributed by atoms with Gasteiger partial charge >= 0.3 is 0 Å². The average Bonchev–Trinajstić information content (AvgIpc) is 2.82. The van der Waals surface area contributed by atoms with Gasteiger partial charge in [0.1, 0.15) is 0 Å². The fourth-order valence-electron chi connectivity index (χ4n) is 3.89. The van der Waals surface area contributed by atoms with E-state index in [9.17, 15) is 0 Å². The van der Waals surface area contributed by atoms with E-state index >= 15 is 0 Å². The van der Waals surface area contributed by atoms with Crippen molar-refractivity contribution in [2.24, 2.45) is 4.99 Å². The first kappa shape index (κ1) is 18.1. The van der Waals surface area contributed by atoms with E-state index < -0.39 is 0 Å². The van der Waals surface area contributed by atoms with Gasteiger partial charge in [-0.2, -0.15) is 0 Å². The third kappa shape index (κ3) is 4.88. The topological polar surface area (TPSA) is 28.5 Å². The standard InChI is InChI=1S/C22H31N3/c1-17-13-19(3)22(24-14-17)16-25(20-10-5-4-6-11-20)15-21-18(2)9-7-8-12-23-21/h8-9,12-14,20H,4-7,10-11,15-16H2,1-3H3. The summed E-state index contributed by atoms with van der Waals surface area (Å²) in [7, 11) is 0. The number of aliphatic imine (C=N–C) groups is 1. The molecule has 1 aromatic rings. The van der Waals surface area contributed by atoms with E-state index in [2.05, 4.69) is 43.9 Å². The smallest absolute Gasteiger partial charge is 0.0573 e. The molecule has 0 radical (unpaired) electrons. The summed E-state index contributed by atoms with van der Waals surface area (Å²) in [6.07, 6.45) is 16.1. The number of nitrogens with zero attached hydrogens (tertiary/aromatic N) is 3. The summed E-state index contributed by atoms with van der Waals surface area (Å²) in [5.41, 5.74) is 6.28. The summed E-state index contributed by atoms with van der Waals surface area (Å²) < 4.78 is 0. The molecule has 0 atom stereocenters. The second kappa shape index (κ2) is 8.57. The second-order valence-electron chi connectivity index (χ2n) is 7.56. The van der Waals surface area contributed by atoms with Crippen molar-refractivity contribution >= 4 is 5.71 Å². The first-order valence-corrected chi connectivity index (χ1v) is 9.68. The number of rotatable bonds is 5. The van der Waals surface area contributed by atoms with Crippen LogP contribution in [-0.4, -0.2) is 28.2 Å². The maximum atomic E-state index is 4.73. The van der Waals surface area contributed by atoms with Gasteiger partial charge in [-0.25, -0.2) is 0 Å². The van der Waals surface area contributed by atoms with Crippen molar-refractivity contribution in [1.29, 1.82) is 0 Å². The Hall–Kier alpha value is -1.74. The molecule has 3 nitrogen and oxygen atoms in total. The van der Waals surface area contributed by atoms with E-state index in [1.165, 1.54) is 60.2 Å². The zero-order valence-corrected chi connectivity index (χ0v) is 16.0. The molecule has 3 heteroatoms. The highest BCUT2D eigenvalue weighted by Gasteiger charge is 2.24. The summed E-state index contributed by atoms with van der Waals surface area (Å²) in [6.45, 7) is 8.34. The molecular formula is C22H31N3. The summed E-state index contributed by atoms with van der Waals surface area (Å²) in [5.74, 6) is 0. The number of hydrogen-bond acceptors (Lipinski definition) is 3. The Bertz CT molecular complexity index is 679. The van der Waals surface area contributed by atoms with Crippen LogP contribution < -0.4 is 0 Å². The van der Waals surface area contributed by atoms with Crippen LogP contribution in [0, 0.1) is 13.8 Å². The van der Waals surface area contributed by atoms with Crippen molar-refractivity contribution in [3.8, 4) is 0 Å². The molecule has 0 saturated heterocycles. The molecule has 25 heavy (non-hydrogen) atoms. The molecule has 1 aliphatic heterocycles. The SMILES string of the molecule is CC1=CCC=CN=C1CN(Cc1ncc(C)cc1C)C1CCCCC1. The van der Waals surface area contributed by atoms with Gasteiger partial charge in [0, 0.05) is 31.5 Å². The molecule has 1 saturated carbocycles. The van der Waals surface area contributed by atoms with Crippen LogP contribution in [0.2, 0.25) is 0 Å². The molecule has 1 aromatic heterocycles. The molecule has 1 fully saturated rings. The lowest BCUT2D eigenvalue weighted by molar-refractivity contribution is 0.168. The van der Waals surface area contributed by atoms with E-state index in [-0.39, 0.29) is 0 Å². The molecule has 3 rings (SSSR count). The summed E-state index contributed by atoms with van der Waals surface area (Å²) in [6, 6.07) is 2.90. The molecule has 0 aromatic carbocycles. The maximum Gasteiger partial charge on any atom is 0.0573 e. The Morgan fingerprint density at radius 1 is 1.08 bits per heavy atom. The number of aromatic nitrogens is 1. The first-order chi connectivity index (χ1) is 12.1. The molecule has 0 spiro atoms. The van der Waals surface area contributed by atoms with Gasteiger partial charge in [0.2, 0.25) is 0 Å². The predicted octanol–water partition coefficient (Wildman–Crippen LogP) is 5.14. The molecule has 0 unspecified atom stereocenters. The van der Waals surface area contributed by atoms with Crippen molar-refractivity contribution < 1.29 is 0 Å². The lowest BCUT2D eigenvalue weighted by Gasteiger charge is -2.34. The quantitative estimate of drug-likeness (QED) is 0.744. The lowest BCUT2D eigenvalue weighted by Crippen LogP contribution is -2.40. The van der Waals surface area contributed by atoms with E-state index in [1.54, 1.807) is 0 Å². The summed E-state index contributed by atoms with van der Waals surface area (Å²) in [5, 5.41) is 0. The third-order valence-corrected chi connectivity index (χ3v) is 5.47. The predicted molar refractivity (Wildman–Crippen MR) is 106 cm³/mol. The second-order valence-corrected chi connectivity index (χ2v) is 7.56. The van der Waals surface area contributed by atoms with Crippen LogP contribution in [0.15, 0.2) is 41.2 Å². The molecular weight excluding hydrogens is 306 g/mol. The number of aryl methyl sites for hydroxylation is 2. The van der Waals surface area contributed by atoms with Crippen molar-refractivity contribution in [3.05, 3.63) is 53.0 Å². The van der Waals surface area contributed by atoms with Crippen LogP contribution in [0.5, 0.6) is 0 Å². The first-order valence-electron chi connectivity index (χ1n) is 9.68. The van der Waals surface area contributed by atoms with Gasteiger partial charge < -0.3 is 0 Å². The van der Waals surface area contributed by atoms with Crippen LogP contribution in [0.4, 0.5) is 0 Å². The van der Waals surface area contributed by atoms with E-state index in [0.29, 0.717) is 6.04 Å². The van der Waals surface area contributed by atoms with Gasteiger partial charge in [0.05, 0.1) is 11.4 Å². The Morgan fingerprint density at radius 2 is 1.88 bits per heavy atom. The number of hydrogen-bond donors (Lipinski definition) is 0. The highest BCUT2D eigenvalue weighted by molar-refractivity contribution is 6.01. The normalized spacial score (nSPS) is 18.9. The zero-order chi connectivity index (χ0) is 17.6. The van der Waals surface area contributed by atoms with Crippen molar-refractivity contribution in [1.82, 2.24) is 9.88 Å². The van der Waals surface area contributed by atoms with Gasteiger partial charge in [-0.1, -0.05) is 37.5 Å². The van der Waals surface area contributed by atoms with E-state index in [4.69, 9.17) is 9.98 Å². The Labute approximate surface area is 152 Å². The number of pyridine rings is 1. The highest BCUT2D eigenvalue weighted by atomic mass is 15.2. The molecule has 134 valence electrons. The highest BCUT2D eigenvalue weighted by Crippen LogP contribution is 2.25. The van der Waals surface area contributed by atoms with Gasteiger partial charge in [-0.05, 0) is 56.7 Å². The lowest BCUT2D eigenvalue weighted by atomic mass is 9.93. The van der Waals surface area contributed by atoms with Gasteiger partial charge in [-0.3, -0.25) is 14.9 Å². The maximum absolute atomic E-state index is 4.73. The minimum atomic E-state index is 0.652. The van der Waals surface area contributed by atoms with Crippen molar-refractivity contribution in [2.45, 2.75) is 71.9 Å². The van der Waals surface area contributed by atoms with Crippen LogP contribution in [0.25, 0.3) is 0 Å². The van der Waals surface area contributed by atoms with Crippen molar-refractivity contribution in [3.63, 3.8) is 0 Å². The fourth-order valence-corrected chi connectivity index (χ4v) is 3.89. The van der Waals surface area contributed by atoms with Crippen LogP contribution >= 0.6 is 0 Å². The zero-order valence-electron chi connectivity index (χ0n) is 16.0. The monoisotopic (exact) mass is 337 g/mol. The fraction of sp³-hybridized carbons (Fsp3) is 0.545. The van der Waals surface area contributed by atoms with E-state index in [1.807, 2.05) is 12.4 Å². The van der Waals surface area contributed by atoms with Crippen molar-refractivity contribution in [2.75, 3.05) is 6.54 Å². The molecule has 0 N–H and O–H groups in total. The Kier molecular flexibility index (Phi) is 6.19. The summed E-state index contributed by atoms with van der Waals surface area (Å²) >= 11 is 0. The minimum Gasteiger partial charge on any atom is -0.289 e. The van der Waals surface area contributed by atoms with Crippen LogP contribution in [-0.2, 0) is 6.54 Å². The average molecular weight is 338 g/mol. The van der Waals surface area contributed by atoms with Gasteiger partial charge in [0.25, 0.3) is 0 Å². The molecule has 2 heterocycles. The van der Waals surface area contributed by atoms with E-state index in [0.717, 1.165) is 19.5 Å². The van der Waals surface area contributed by atoms with Gasteiger partial charge in [-0.15, -0.1) is 0 Å². The Morgan fingerprint density at radius 3 is 2.64 bits per heavy atom. The Balaban J connectivity index is 1.81. The summed E-state index contributed by atoms with van der Waals surface area (Å²) in [4.78, 5) is 12.1. The minimum absolute atomic E-state index is 0.652. The number of allylic oxidation sites excluding steroid dienone is 2. The van der Waals surface area contributed by atoms with Crippen LogP contribution in [0.3, 0.4) is 0 Å². The molecule has 1 aliphatic carbocycles. The van der Waals surface area contributed by atoms with Gasteiger partial charge in [0.15, 0.2) is 0 Å². The van der Waals surface area contributed by atoms with Crippen LogP contribution in [0.1, 0.15) is 62.3 Å².